The molecule has 0 radical (unpaired) electrons. The molecule has 0 aliphatic rings. The number of hydrogen-bond acceptors (Lipinski definition) is 2. The van der Waals surface area contributed by atoms with E-state index >= 15 is 0 Å². The van der Waals surface area contributed by atoms with Gasteiger partial charge in [-0.25, -0.2) is 0 Å². The topological polar surface area (TPSA) is 38.3 Å². The number of amides is 1. The molecule has 2 aromatic carbocycles. The van der Waals surface area contributed by atoms with Gasteiger partial charge in [0.25, 0.3) is 8.32 Å². The van der Waals surface area contributed by atoms with Gasteiger partial charge in [0.1, 0.15) is 0 Å². The lowest BCUT2D eigenvalue weighted by molar-refractivity contribution is -0.122. The van der Waals surface area contributed by atoms with E-state index in [-0.39, 0.29) is 17.0 Å². The Balaban J connectivity index is 2.03. The quantitative estimate of drug-likeness (QED) is 0.211. The van der Waals surface area contributed by atoms with E-state index in [0.717, 1.165) is 6.42 Å². The van der Waals surface area contributed by atoms with Crippen LogP contribution in [-0.4, -0.2) is 32.2 Å². The molecular formula is C29H36BrNO2Si. The maximum Gasteiger partial charge on any atom is 0.261 e. The molecule has 1 atom stereocenters. The Hall–Kier alpha value is -2.31. The minimum Gasteiger partial charge on any atom is -0.405 e. The average Bonchev–Trinajstić information content (AvgIpc) is 2.81. The Labute approximate surface area is 215 Å². The number of halogens is 1. The Morgan fingerprint density at radius 1 is 0.971 bits per heavy atom. The van der Waals surface area contributed by atoms with Crippen molar-refractivity contribution in [3.05, 3.63) is 60.7 Å². The van der Waals surface area contributed by atoms with Crippen LogP contribution in [0.15, 0.2) is 60.7 Å². The van der Waals surface area contributed by atoms with Gasteiger partial charge in [-0.15, -0.1) is 5.92 Å². The van der Waals surface area contributed by atoms with Crippen molar-refractivity contribution in [3.63, 3.8) is 0 Å². The second kappa shape index (κ2) is 14.2. The van der Waals surface area contributed by atoms with Crippen LogP contribution in [0, 0.1) is 23.7 Å². The SMILES string of the molecule is C[C@H](CO[Si](c1ccccc1)(c1ccccc1)C(C)(C)C)NC(=O)CCCC#CCC#CCBr. The van der Waals surface area contributed by atoms with E-state index < -0.39 is 8.32 Å². The highest BCUT2D eigenvalue weighted by molar-refractivity contribution is 9.09. The van der Waals surface area contributed by atoms with Crippen molar-refractivity contribution in [3.8, 4) is 23.7 Å². The van der Waals surface area contributed by atoms with Crippen molar-refractivity contribution in [1.82, 2.24) is 5.32 Å². The number of carbonyl (C=O) groups excluding carboxylic acids is 1. The van der Waals surface area contributed by atoms with E-state index in [1.54, 1.807) is 0 Å². The van der Waals surface area contributed by atoms with Crippen LogP contribution < -0.4 is 15.7 Å². The molecule has 34 heavy (non-hydrogen) atoms. The standard InChI is InChI=1S/C29H36BrNO2Si/c1-25(31-28(32)22-16-8-6-5-7-9-17-23-30)24-33-34(29(2,3)4,26-18-12-10-13-19-26)27-20-14-11-15-21-27/h10-15,18-21,25H,7-8,16,22-24H2,1-4H3,(H,31,32)/t25-/m1/s1. The predicted molar refractivity (Wildman–Crippen MR) is 149 cm³/mol. The van der Waals surface area contributed by atoms with Crippen molar-refractivity contribution in [2.24, 2.45) is 0 Å². The molecule has 5 heteroatoms. The van der Waals surface area contributed by atoms with Crippen molar-refractivity contribution >= 4 is 40.5 Å². The number of alkyl halides is 1. The van der Waals surface area contributed by atoms with Crippen LogP contribution in [0.2, 0.25) is 5.04 Å². The van der Waals surface area contributed by atoms with Gasteiger partial charge in [-0.1, -0.05) is 115 Å². The largest absolute Gasteiger partial charge is 0.405 e. The van der Waals surface area contributed by atoms with Gasteiger partial charge in [0.2, 0.25) is 5.91 Å². The van der Waals surface area contributed by atoms with E-state index in [1.165, 1.54) is 10.4 Å². The zero-order valence-corrected chi connectivity index (χ0v) is 23.4. The summed E-state index contributed by atoms with van der Waals surface area (Å²) in [6.45, 7) is 9.25. The van der Waals surface area contributed by atoms with E-state index in [9.17, 15) is 4.79 Å². The lowest BCUT2D eigenvalue weighted by Crippen LogP contribution is -2.67. The van der Waals surface area contributed by atoms with Crippen LogP contribution in [0.1, 0.15) is 53.4 Å². The Kier molecular flexibility index (Phi) is 11.6. The zero-order chi connectivity index (χ0) is 24.9. The molecule has 1 amide bonds. The Morgan fingerprint density at radius 3 is 2.06 bits per heavy atom. The highest BCUT2D eigenvalue weighted by Gasteiger charge is 2.50. The zero-order valence-electron chi connectivity index (χ0n) is 20.8. The second-order valence-electron chi connectivity index (χ2n) is 9.31. The molecule has 2 aromatic rings. The van der Waals surface area contributed by atoms with E-state index in [1.807, 2.05) is 19.1 Å². The molecule has 0 aromatic heterocycles. The fourth-order valence-electron chi connectivity index (χ4n) is 4.04. The van der Waals surface area contributed by atoms with Crippen LogP contribution in [0.3, 0.4) is 0 Å². The third kappa shape index (κ3) is 8.17. The third-order valence-corrected chi connectivity index (χ3v) is 10.9. The molecule has 0 fully saturated rings. The van der Waals surface area contributed by atoms with Gasteiger partial charge in [-0.3, -0.25) is 4.79 Å². The number of unbranched alkanes of at least 4 members (excludes halogenated alkanes) is 1. The maximum atomic E-state index is 12.5. The predicted octanol–water partition coefficient (Wildman–Crippen LogP) is 5.03. The van der Waals surface area contributed by atoms with Gasteiger partial charge >= 0.3 is 0 Å². The molecule has 0 saturated carbocycles. The molecule has 0 aliphatic carbocycles. The first-order valence-electron chi connectivity index (χ1n) is 11.8. The van der Waals surface area contributed by atoms with Gasteiger partial charge in [0, 0.05) is 18.9 Å². The summed E-state index contributed by atoms with van der Waals surface area (Å²) in [6, 6.07) is 21.0. The first-order chi connectivity index (χ1) is 16.3. The molecule has 0 heterocycles. The first kappa shape index (κ1) is 27.9. The highest BCUT2D eigenvalue weighted by Crippen LogP contribution is 2.36. The number of nitrogens with one attached hydrogen (secondary N) is 1. The molecule has 0 spiro atoms. The molecule has 0 unspecified atom stereocenters. The minimum absolute atomic E-state index is 0.0411. The summed E-state index contributed by atoms with van der Waals surface area (Å²) in [5, 5.41) is 6.18. The average molecular weight is 539 g/mol. The molecule has 180 valence electrons. The first-order valence-corrected chi connectivity index (χ1v) is 14.9. The van der Waals surface area contributed by atoms with E-state index in [0.29, 0.717) is 31.2 Å². The van der Waals surface area contributed by atoms with Crippen molar-refractivity contribution < 1.29 is 9.22 Å². The van der Waals surface area contributed by atoms with Crippen LogP contribution in [0.4, 0.5) is 0 Å². The van der Waals surface area contributed by atoms with E-state index in [2.05, 4.69) is 114 Å². The fraction of sp³-hybridized carbons (Fsp3) is 0.414. The summed E-state index contributed by atoms with van der Waals surface area (Å²) in [7, 11) is -2.60. The van der Waals surface area contributed by atoms with Gasteiger partial charge in [-0.2, -0.15) is 0 Å². The summed E-state index contributed by atoms with van der Waals surface area (Å²) >= 11 is 3.26. The molecule has 3 nitrogen and oxygen atoms in total. The van der Waals surface area contributed by atoms with Crippen LogP contribution >= 0.6 is 15.9 Å². The summed E-state index contributed by atoms with van der Waals surface area (Å²) in [5.74, 6) is 12.0. The number of rotatable bonds is 9. The molecule has 0 aliphatic heterocycles. The Morgan fingerprint density at radius 2 is 1.53 bits per heavy atom. The van der Waals surface area contributed by atoms with Crippen molar-refractivity contribution in [2.75, 3.05) is 11.9 Å². The lowest BCUT2D eigenvalue weighted by atomic mass is 10.2. The molecule has 0 bridgehead atoms. The van der Waals surface area contributed by atoms with Crippen LogP contribution in [0.5, 0.6) is 0 Å². The lowest BCUT2D eigenvalue weighted by Gasteiger charge is -2.43. The monoisotopic (exact) mass is 537 g/mol. The number of benzene rings is 2. The van der Waals surface area contributed by atoms with Crippen LogP contribution in [-0.2, 0) is 9.22 Å². The second-order valence-corrected chi connectivity index (χ2v) is 14.2. The smallest absolute Gasteiger partial charge is 0.261 e. The number of carbonyl (C=O) groups is 1. The number of hydrogen-bond donors (Lipinski definition) is 1. The molecule has 0 saturated heterocycles. The van der Waals surface area contributed by atoms with Crippen molar-refractivity contribution in [1.29, 1.82) is 0 Å². The maximum absolute atomic E-state index is 12.5. The fourth-order valence-corrected chi connectivity index (χ4v) is 8.90. The van der Waals surface area contributed by atoms with Crippen LogP contribution in [0.25, 0.3) is 0 Å². The van der Waals surface area contributed by atoms with E-state index in [4.69, 9.17) is 4.43 Å². The summed E-state index contributed by atoms with van der Waals surface area (Å²) < 4.78 is 6.90. The normalized spacial score (nSPS) is 12.0. The van der Waals surface area contributed by atoms with Gasteiger partial charge in [-0.05, 0) is 28.8 Å². The molecule has 2 rings (SSSR count). The van der Waals surface area contributed by atoms with Crippen molar-refractivity contribution in [2.45, 2.75) is 64.5 Å². The third-order valence-electron chi connectivity index (χ3n) is 5.57. The van der Waals surface area contributed by atoms with Gasteiger partial charge < -0.3 is 9.74 Å². The summed E-state index contributed by atoms with van der Waals surface area (Å²) in [6.07, 6.45) is 2.49. The summed E-state index contributed by atoms with van der Waals surface area (Å²) in [5.41, 5.74) is 0. The summed E-state index contributed by atoms with van der Waals surface area (Å²) in [4.78, 5) is 12.5. The molecular weight excluding hydrogens is 502 g/mol. The highest BCUT2D eigenvalue weighted by atomic mass is 79.9. The Bertz CT molecular complexity index is 971. The minimum atomic E-state index is -2.60. The van der Waals surface area contributed by atoms with Gasteiger partial charge in [0.15, 0.2) is 0 Å². The molecule has 1 N–H and O–H groups in total. The van der Waals surface area contributed by atoms with Gasteiger partial charge in [0.05, 0.1) is 18.4 Å².